The van der Waals surface area contributed by atoms with Crippen LogP contribution in [-0.4, -0.2) is 5.75 Å². The second-order valence-electron chi connectivity index (χ2n) is 2.48. The summed E-state index contributed by atoms with van der Waals surface area (Å²) >= 11 is 3.94. The molecule has 0 amide bonds. The van der Waals surface area contributed by atoms with Crippen LogP contribution in [0, 0.1) is 24.6 Å². The molecule has 0 spiro atoms. The largest absolute Gasteiger partial charge is 0.207 e. The summed E-state index contributed by atoms with van der Waals surface area (Å²) in [5.74, 6) is 5.83. The molecule has 0 nitrogen and oxygen atoms in total. The first-order valence-electron chi connectivity index (χ1n) is 3.59. The Bertz CT molecular complexity index is 313. The van der Waals surface area contributed by atoms with Gasteiger partial charge in [0.2, 0.25) is 0 Å². The monoisotopic (exact) mass is 180 g/mol. The van der Waals surface area contributed by atoms with Crippen LogP contribution in [0.3, 0.4) is 0 Å². The van der Waals surface area contributed by atoms with Crippen LogP contribution in [0.1, 0.15) is 11.1 Å². The number of hydrogen-bond donors (Lipinski definition) is 1. The van der Waals surface area contributed by atoms with Crippen molar-refractivity contribution in [3.05, 3.63) is 35.1 Å². The molecule has 0 radical (unpaired) electrons. The standard InChI is InChI=1S/C10H9FS/c1-8-5-9(3-2-4-12)7-10(11)6-8/h5-7,12H,4H2,1H3. The summed E-state index contributed by atoms with van der Waals surface area (Å²) in [5, 5.41) is 0. The maximum absolute atomic E-state index is 12.8. The van der Waals surface area contributed by atoms with E-state index in [1.807, 2.05) is 13.0 Å². The first kappa shape index (κ1) is 9.15. The fraction of sp³-hybridized carbons (Fsp3) is 0.200. The number of rotatable bonds is 0. The van der Waals surface area contributed by atoms with E-state index in [2.05, 4.69) is 24.5 Å². The van der Waals surface area contributed by atoms with Crippen molar-refractivity contribution >= 4 is 12.6 Å². The Labute approximate surface area is 77.2 Å². The van der Waals surface area contributed by atoms with Crippen molar-refractivity contribution < 1.29 is 4.39 Å². The maximum Gasteiger partial charge on any atom is 0.124 e. The molecular formula is C10H9FS. The Morgan fingerprint density at radius 3 is 2.75 bits per heavy atom. The molecule has 0 atom stereocenters. The zero-order valence-electron chi connectivity index (χ0n) is 6.76. The first-order valence-corrected chi connectivity index (χ1v) is 4.22. The van der Waals surface area contributed by atoms with Gasteiger partial charge in [-0.05, 0) is 30.7 Å². The van der Waals surface area contributed by atoms with Gasteiger partial charge in [0.25, 0.3) is 0 Å². The molecule has 0 aliphatic carbocycles. The van der Waals surface area contributed by atoms with Gasteiger partial charge < -0.3 is 0 Å². The van der Waals surface area contributed by atoms with Crippen LogP contribution in [0.5, 0.6) is 0 Å². The van der Waals surface area contributed by atoms with Crippen LogP contribution in [0.2, 0.25) is 0 Å². The van der Waals surface area contributed by atoms with Crippen LogP contribution in [0.25, 0.3) is 0 Å². The fourth-order valence-corrected chi connectivity index (χ4v) is 1.03. The van der Waals surface area contributed by atoms with Gasteiger partial charge in [0.1, 0.15) is 5.82 Å². The Morgan fingerprint density at radius 1 is 1.42 bits per heavy atom. The van der Waals surface area contributed by atoms with Gasteiger partial charge in [0.05, 0.1) is 5.75 Å². The van der Waals surface area contributed by atoms with Crippen LogP contribution in [0.15, 0.2) is 18.2 Å². The van der Waals surface area contributed by atoms with Crippen molar-refractivity contribution in [3.8, 4) is 11.8 Å². The van der Waals surface area contributed by atoms with Gasteiger partial charge in [0.15, 0.2) is 0 Å². The van der Waals surface area contributed by atoms with E-state index in [0.717, 1.165) is 5.56 Å². The summed E-state index contributed by atoms with van der Waals surface area (Å²) in [6, 6.07) is 4.74. The molecule has 0 aliphatic rings. The summed E-state index contributed by atoms with van der Waals surface area (Å²) in [5.41, 5.74) is 1.60. The Morgan fingerprint density at radius 2 is 2.17 bits per heavy atom. The molecule has 1 rings (SSSR count). The molecule has 0 fully saturated rings. The lowest BCUT2D eigenvalue weighted by atomic mass is 10.1. The number of hydrogen-bond acceptors (Lipinski definition) is 1. The molecule has 0 saturated carbocycles. The van der Waals surface area contributed by atoms with E-state index in [1.54, 1.807) is 0 Å². The minimum Gasteiger partial charge on any atom is -0.207 e. The van der Waals surface area contributed by atoms with Crippen molar-refractivity contribution in [2.75, 3.05) is 5.75 Å². The third-order valence-corrected chi connectivity index (χ3v) is 1.51. The van der Waals surface area contributed by atoms with Gasteiger partial charge in [-0.1, -0.05) is 11.8 Å². The first-order chi connectivity index (χ1) is 5.72. The van der Waals surface area contributed by atoms with Crippen LogP contribution in [0.4, 0.5) is 4.39 Å². The molecule has 1 aromatic carbocycles. The maximum atomic E-state index is 12.8. The molecular weight excluding hydrogens is 171 g/mol. The highest BCUT2D eigenvalue weighted by molar-refractivity contribution is 7.80. The zero-order valence-corrected chi connectivity index (χ0v) is 7.66. The highest BCUT2D eigenvalue weighted by Crippen LogP contribution is 2.06. The molecule has 0 heterocycles. The fourth-order valence-electron chi connectivity index (χ4n) is 0.950. The van der Waals surface area contributed by atoms with E-state index in [4.69, 9.17) is 0 Å². The molecule has 0 saturated heterocycles. The second-order valence-corrected chi connectivity index (χ2v) is 2.79. The van der Waals surface area contributed by atoms with E-state index in [0.29, 0.717) is 11.3 Å². The van der Waals surface area contributed by atoms with Crippen LogP contribution < -0.4 is 0 Å². The quantitative estimate of drug-likeness (QED) is 0.460. The molecule has 12 heavy (non-hydrogen) atoms. The number of benzene rings is 1. The number of thiol groups is 1. The predicted octanol–water partition coefficient (Wildman–Crippen LogP) is 2.42. The highest BCUT2D eigenvalue weighted by Gasteiger charge is 1.93. The van der Waals surface area contributed by atoms with Crippen molar-refractivity contribution in [2.24, 2.45) is 0 Å². The van der Waals surface area contributed by atoms with E-state index < -0.39 is 0 Å². The minimum atomic E-state index is -0.238. The van der Waals surface area contributed by atoms with Gasteiger partial charge in [-0.25, -0.2) is 4.39 Å². The summed E-state index contributed by atoms with van der Waals surface area (Å²) in [4.78, 5) is 0. The van der Waals surface area contributed by atoms with Gasteiger partial charge >= 0.3 is 0 Å². The van der Waals surface area contributed by atoms with Crippen molar-refractivity contribution in [1.29, 1.82) is 0 Å². The van der Waals surface area contributed by atoms with E-state index in [1.165, 1.54) is 12.1 Å². The molecule has 1 aromatic rings. The summed E-state index contributed by atoms with van der Waals surface area (Å²) in [6.45, 7) is 1.84. The summed E-state index contributed by atoms with van der Waals surface area (Å²) in [6.07, 6.45) is 0. The molecule has 0 N–H and O–H groups in total. The minimum absolute atomic E-state index is 0.238. The van der Waals surface area contributed by atoms with Gasteiger partial charge in [-0.2, -0.15) is 12.6 Å². The van der Waals surface area contributed by atoms with Gasteiger partial charge in [-0.15, -0.1) is 0 Å². The molecule has 2 heteroatoms. The Kier molecular flexibility index (Phi) is 3.19. The van der Waals surface area contributed by atoms with Crippen LogP contribution in [-0.2, 0) is 0 Å². The van der Waals surface area contributed by atoms with Crippen LogP contribution >= 0.6 is 12.6 Å². The molecule has 0 bridgehead atoms. The third kappa shape index (κ3) is 2.60. The smallest absolute Gasteiger partial charge is 0.124 e. The van der Waals surface area contributed by atoms with Gasteiger partial charge in [-0.3, -0.25) is 0 Å². The molecule has 0 unspecified atom stereocenters. The number of halogens is 1. The highest BCUT2D eigenvalue weighted by atomic mass is 32.1. The van der Waals surface area contributed by atoms with Crippen molar-refractivity contribution in [2.45, 2.75) is 6.92 Å². The van der Waals surface area contributed by atoms with Crippen molar-refractivity contribution in [3.63, 3.8) is 0 Å². The van der Waals surface area contributed by atoms with Crippen molar-refractivity contribution in [1.82, 2.24) is 0 Å². The lowest BCUT2D eigenvalue weighted by Gasteiger charge is -1.94. The van der Waals surface area contributed by atoms with E-state index >= 15 is 0 Å². The van der Waals surface area contributed by atoms with Gasteiger partial charge in [0, 0.05) is 5.56 Å². The topological polar surface area (TPSA) is 0 Å². The molecule has 0 aliphatic heterocycles. The molecule has 62 valence electrons. The van der Waals surface area contributed by atoms with E-state index in [-0.39, 0.29) is 5.82 Å². The lowest BCUT2D eigenvalue weighted by Crippen LogP contribution is -1.81. The normalized spacial score (nSPS) is 8.92. The predicted molar refractivity (Wildman–Crippen MR) is 51.9 cm³/mol. The zero-order chi connectivity index (χ0) is 8.97. The Hall–Kier alpha value is -0.940. The van der Waals surface area contributed by atoms with E-state index in [9.17, 15) is 4.39 Å². The summed E-state index contributed by atoms with van der Waals surface area (Å²) in [7, 11) is 0. The molecule has 0 aromatic heterocycles. The number of aryl methyl sites for hydroxylation is 1. The lowest BCUT2D eigenvalue weighted by molar-refractivity contribution is 0.626. The Balaban J connectivity index is 3.01. The SMILES string of the molecule is Cc1cc(F)cc(C#CCS)c1. The second kappa shape index (κ2) is 4.18. The third-order valence-electron chi connectivity index (χ3n) is 1.35. The average Bonchev–Trinajstić information content (AvgIpc) is 1.99. The summed E-state index contributed by atoms with van der Waals surface area (Å²) < 4.78 is 12.8. The average molecular weight is 180 g/mol.